The Kier molecular flexibility index (Phi) is 3.79. The van der Waals surface area contributed by atoms with Gasteiger partial charge in [-0.05, 0) is 6.92 Å². The second-order valence-electron chi connectivity index (χ2n) is 4.46. The van der Waals surface area contributed by atoms with E-state index in [1.165, 1.54) is 23.7 Å². The average Bonchev–Trinajstić information content (AvgIpc) is 2.74. The third-order valence-electron chi connectivity index (χ3n) is 3.20. The van der Waals surface area contributed by atoms with Crippen LogP contribution in [-0.2, 0) is 14.4 Å². The van der Waals surface area contributed by atoms with Gasteiger partial charge in [0.15, 0.2) is 0 Å². The van der Waals surface area contributed by atoms with Gasteiger partial charge in [0.25, 0.3) is 5.91 Å². The van der Waals surface area contributed by atoms with Gasteiger partial charge in [0.1, 0.15) is 11.8 Å². The van der Waals surface area contributed by atoms with E-state index in [0.717, 1.165) is 5.01 Å². The number of carboxylic acids is 1. The summed E-state index contributed by atoms with van der Waals surface area (Å²) in [5.41, 5.74) is 0.253. The lowest BCUT2D eigenvalue weighted by Crippen LogP contribution is -2.49. The van der Waals surface area contributed by atoms with Crippen molar-refractivity contribution in [1.82, 2.24) is 9.91 Å². The molecule has 1 saturated heterocycles. The molecule has 0 saturated carbocycles. The van der Waals surface area contributed by atoms with Crippen molar-refractivity contribution in [3.05, 3.63) is 0 Å². The summed E-state index contributed by atoms with van der Waals surface area (Å²) in [7, 11) is 1.49. The maximum atomic E-state index is 12.4. The van der Waals surface area contributed by atoms with E-state index in [4.69, 9.17) is 5.11 Å². The first kappa shape index (κ1) is 13.9. The summed E-state index contributed by atoms with van der Waals surface area (Å²) in [4.78, 5) is 36.2. The van der Waals surface area contributed by atoms with Gasteiger partial charge in [-0.25, -0.2) is 9.80 Å². The minimum atomic E-state index is -1.01. The molecule has 104 valence electrons. The smallest absolute Gasteiger partial charge is 0.327 e. The quantitative estimate of drug-likeness (QED) is 0.769. The fourth-order valence-corrected chi connectivity index (χ4v) is 3.28. The van der Waals surface area contributed by atoms with Crippen molar-refractivity contribution in [2.24, 2.45) is 5.10 Å². The van der Waals surface area contributed by atoms with Crippen molar-refractivity contribution in [3.8, 4) is 0 Å². The van der Waals surface area contributed by atoms with E-state index in [1.807, 2.05) is 0 Å². The number of hydrogen-bond donors (Lipinski definition) is 1. The molecule has 1 fully saturated rings. The molecule has 0 spiro atoms. The molecule has 2 atom stereocenters. The van der Waals surface area contributed by atoms with E-state index in [0.29, 0.717) is 5.75 Å². The Bertz CT molecular complexity index is 465. The highest BCUT2D eigenvalue weighted by Crippen LogP contribution is 2.29. The molecule has 0 aromatic carbocycles. The fraction of sp³-hybridized carbons (Fsp3) is 0.636. The van der Waals surface area contributed by atoms with E-state index >= 15 is 0 Å². The molecule has 2 aliphatic heterocycles. The van der Waals surface area contributed by atoms with Crippen LogP contribution in [0.15, 0.2) is 5.10 Å². The lowest BCUT2D eigenvalue weighted by atomic mass is 10.1. The zero-order valence-corrected chi connectivity index (χ0v) is 11.5. The summed E-state index contributed by atoms with van der Waals surface area (Å²) in [6, 6.07) is -0.821. The Labute approximate surface area is 114 Å². The average molecular weight is 285 g/mol. The minimum absolute atomic E-state index is 0.143. The van der Waals surface area contributed by atoms with Crippen LogP contribution in [0.25, 0.3) is 0 Å². The van der Waals surface area contributed by atoms with Crippen LogP contribution < -0.4 is 0 Å². The van der Waals surface area contributed by atoms with Crippen LogP contribution in [0.4, 0.5) is 0 Å². The highest BCUT2D eigenvalue weighted by Gasteiger charge is 2.41. The molecule has 2 heterocycles. The highest BCUT2D eigenvalue weighted by molar-refractivity contribution is 8.00. The van der Waals surface area contributed by atoms with Gasteiger partial charge in [0.2, 0.25) is 5.91 Å². The molecular formula is C11H15N3O4S. The number of rotatable bonds is 2. The van der Waals surface area contributed by atoms with Gasteiger partial charge in [-0.2, -0.15) is 5.10 Å². The highest BCUT2D eigenvalue weighted by atomic mass is 32.2. The molecule has 0 bridgehead atoms. The molecular weight excluding hydrogens is 270 g/mol. The van der Waals surface area contributed by atoms with Crippen molar-refractivity contribution in [2.45, 2.75) is 31.2 Å². The van der Waals surface area contributed by atoms with Crippen molar-refractivity contribution in [3.63, 3.8) is 0 Å². The number of aliphatic carboxylic acids is 1. The van der Waals surface area contributed by atoms with Crippen molar-refractivity contribution in [2.75, 3.05) is 12.8 Å². The first-order valence-electron chi connectivity index (χ1n) is 5.93. The lowest BCUT2D eigenvalue weighted by molar-refractivity contribution is -0.146. The van der Waals surface area contributed by atoms with Crippen LogP contribution in [0.1, 0.15) is 19.8 Å². The van der Waals surface area contributed by atoms with Crippen LogP contribution in [0.2, 0.25) is 0 Å². The Morgan fingerprint density at radius 3 is 2.68 bits per heavy atom. The zero-order chi connectivity index (χ0) is 14.2. The SMILES string of the molecule is CC1SCC(C(=O)O)N1C(=O)C1=NN(C)C(=O)CC1. The predicted octanol–water partition coefficient (Wildman–Crippen LogP) is -0.0308. The second-order valence-corrected chi connectivity index (χ2v) is 5.81. The number of carbonyl (C=O) groups excluding carboxylic acids is 2. The van der Waals surface area contributed by atoms with Gasteiger partial charge >= 0.3 is 5.97 Å². The number of hydrogen-bond acceptors (Lipinski definition) is 5. The monoisotopic (exact) mass is 285 g/mol. The molecule has 0 aromatic heterocycles. The summed E-state index contributed by atoms with van der Waals surface area (Å²) in [5, 5.41) is 14.0. The van der Waals surface area contributed by atoms with E-state index in [-0.39, 0.29) is 35.7 Å². The van der Waals surface area contributed by atoms with Crippen molar-refractivity contribution >= 4 is 35.3 Å². The molecule has 0 radical (unpaired) electrons. The molecule has 2 aliphatic rings. The minimum Gasteiger partial charge on any atom is -0.480 e. The number of nitrogens with zero attached hydrogens (tertiary/aromatic N) is 3. The van der Waals surface area contributed by atoms with Crippen LogP contribution in [0.5, 0.6) is 0 Å². The summed E-state index contributed by atoms with van der Waals surface area (Å²) >= 11 is 1.42. The Hall–Kier alpha value is -1.57. The largest absolute Gasteiger partial charge is 0.480 e. The van der Waals surface area contributed by atoms with Gasteiger partial charge < -0.3 is 10.0 Å². The van der Waals surface area contributed by atoms with E-state index in [9.17, 15) is 14.4 Å². The summed E-state index contributed by atoms with van der Waals surface area (Å²) in [5.74, 6) is -1.16. The molecule has 0 aromatic rings. The number of thioether (sulfide) groups is 1. The second kappa shape index (κ2) is 5.20. The molecule has 7 nitrogen and oxygen atoms in total. The van der Waals surface area contributed by atoms with E-state index in [2.05, 4.69) is 5.10 Å². The van der Waals surface area contributed by atoms with Gasteiger partial charge in [0, 0.05) is 25.6 Å². The Balaban J connectivity index is 2.21. The zero-order valence-electron chi connectivity index (χ0n) is 10.7. The first-order valence-corrected chi connectivity index (χ1v) is 6.97. The maximum Gasteiger partial charge on any atom is 0.327 e. The van der Waals surface area contributed by atoms with Crippen LogP contribution in [0.3, 0.4) is 0 Å². The van der Waals surface area contributed by atoms with Gasteiger partial charge in [0.05, 0.1) is 5.37 Å². The Morgan fingerprint density at radius 2 is 2.11 bits per heavy atom. The topological polar surface area (TPSA) is 90.3 Å². The number of hydrazone groups is 1. The molecule has 2 amide bonds. The third kappa shape index (κ3) is 2.58. The summed E-state index contributed by atoms with van der Waals surface area (Å²) in [6.07, 6.45) is 0.496. The first-order chi connectivity index (χ1) is 8.91. The lowest BCUT2D eigenvalue weighted by Gasteiger charge is -2.27. The number of amides is 2. The van der Waals surface area contributed by atoms with Gasteiger partial charge in [-0.15, -0.1) is 11.8 Å². The fourth-order valence-electron chi connectivity index (χ4n) is 2.11. The Morgan fingerprint density at radius 1 is 1.42 bits per heavy atom. The molecule has 19 heavy (non-hydrogen) atoms. The molecule has 2 rings (SSSR count). The van der Waals surface area contributed by atoms with E-state index in [1.54, 1.807) is 6.92 Å². The summed E-state index contributed by atoms with van der Waals surface area (Å²) in [6.45, 7) is 1.80. The van der Waals surface area contributed by atoms with Crippen LogP contribution in [0, 0.1) is 0 Å². The number of carbonyl (C=O) groups is 3. The van der Waals surface area contributed by atoms with Gasteiger partial charge in [-0.1, -0.05) is 0 Å². The van der Waals surface area contributed by atoms with Crippen LogP contribution >= 0.6 is 11.8 Å². The molecule has 1 N–H and O–H groups in total. The molecule has 2 unspecified atom stereocenters. The van der Waals surface area contributed by atoms with Crippen molar-refractivity contribution < 1.29 is 19.5 Å². The van der Waals surface area contributed by atoms with Gasteiger partial charge in [-0.3, -0.25) is 9.59 Å². The summed E-state index contributed by atoms with van der Waals surface area (Å²) < 4.78 is 0. The normalized spacial score (nSPS) is 27.5. The van der Waals surface area contributed by atoms with E-state index < -0.39 is 12.0 Å². The molecule has 0 aliphatic carbocycles. The third-order valence-corrected chi connectivity index (χ3v) is 4.41. The maximum absolute atomic E-state index is 12.4. The molecule has 8 heteroatoms. The predicted molar refractivity (Wildman–Crippen MR) is 69.6 cm³/mol. The number of carboxylic acid groups (broad SMARTS) is 1. The van der Waals surface area contributed by atoms with Crippen molar-refractivity contribution in [1.29, 1.82) is 0 Å². The van der Waals surface area contributed by atoms with Crippen LogP contribution in [-0.4, -0.2) is 62.7 Å². The standard InChI is InChI=1S/C11H15N3O4S/c1-6-14(8(5-19-6)11(17)18)10(16)7-3-4-9(15)13(2)12-7/h6,8H,3-5H2,1-2H3,(H,17,18).